The van der Waals surface area contributed by atoms with Crippen LogP contribution in [0, 0.1) is 10.1 Å². The van der Waals surface area contributed by atoms with Crippen molar-refractivity contribution in [3.05, 3.63) is 46.5 Å². The minimum atomic E-state index is -0.379. The second kappa shape index (κ2) is 4.27. The van der Waals surface area contributed by atoms with Gasteiger partial charge in [-0.1, -0.05) is 18.2 Å². The summed E-state index contributed by atoms with van der Waals surface area (Å²) < 4.78 is 10.7. The molecular weight excluding hydrogens is 234 g/mol. The van der Waals surface area contributed by atoms with Crippen LogP contribution in [-0.4, -0.2) is 24.2 Å². The van der Waals surface area contributed by atoms with E-state index < -0.39 is 0 Å². The molecule has 5 heteroatoms. The third kappa shape index (κ3) is 2.00. The maximum atomic E-state index is 10.9. The third-order valence-electron chi connectivity index (χ3n) is 2.88. The average molecular weight is 245 g/mol. The molecule has 0 aromatic heterocycles. The van der Waals surface area contributed by atoms with Gasteiger partial charge in [-0.2, -0.15) is 0 Å². The lowest BCUT2D eigenvalue weighted by Gasteiger charge is -2.08. The minimum absolute atomic E-state index is 0.0978. The Bertz CT molecular complexity index is 607. The summed E-state index contributed by atoms with van der Waals surface area (Å²) in [5.41, 5.74) is 0.0978. The zero-order valence-electron chi connectivity index (χ0n) is 9.54. The highest BCUT2D eigenvalue weighted by molar-refractivity contribution is 5.95. The van der Waals surface area contributed by atoms with Crippen LogP contribution in [0.3, 0.4) is 0 Å². The van der Waals surface area contributed by atoms with E-state index in [0.29, 0.717) is 17.7 Å². The maximum Gasteiger partial charge on any atom is 0.277 e. The number of nitro groups is 1. The molecule has 2 aromatic rings. The van der Waals surface area contributed by atoms with Gasteiger partial charge in [0.2, 0.25) is 0 Å². The van der Waals surface area contributed by atoms with Crippen molar-refractivity contribution >= 4 is 16.5 Å². The molecule has 0 bridgehead atoms. The topological polar surface area (TPSA) is 64.9 Å². The zero-order valence-corrected chi connectivity index (χ0v) is 9.54. The molecule has 0 amide bonds. The Kier molecular flexibility index (Phi) is 2.60. The summed E-state index contributed by atoms with van der Waals surface area (Å²) in [6.07, 6.45) is 0.166. The fourth-order valence-electron chi connectivity index (χ4n) is 1.89. The number of ether oxygens (including phenoxy) is 2. The van der Waals surface area contributed by atoms with Gasteiger partial charge in [0.1, 0.15) is 18.5 Å². The predicted molar refractivity (Wildman–Crippen MR) is 65.8 cm³/mol. The Morgan fingerprint density at radius 3 is 2.67 bits per heavy atom. The molecule has 1 fully saturated rings. The molecule has 0 N–H and O–H groups in total. The molecule has 0 radical (unpaired) electrons. The number of nitro benzene ring substituents is 1. The number of nitrogens with zero attached hydrogens (tertiary/aromatic N) is 1. The summed E-state index contributed by atoms with van der Waals surface area (Å²) in [4.78, 5) is 10.6. The van der Waals surface area contributed by atoms with E-state index >= 15 is 0 Å². The van der Waals surface area contributed by atoms with Crippen molar-refractivity contribution in [2.45, 2.75) is 6.10 Å². The second-order valence-corrected chi connectivity index (χ2v) is 4.15. The largest absolute Gasteiger partial charge is 0.490 e. The molecule has 18 heavy (non-hydrogen) atoms. The fourth-order valence-corrected chi connectivity index (χ4v) is 1.89. The molecule has 0 aliphatic carbocycles. The third-order valence-corrected chi connectivity index (χ3v) is 2.88. The summed E-state index contributed by atoms with van der Waals surface area (Å²) in [6, 6.07) is 10.3. The predicted octanol–water partition coefficient (Wildman–Crippen LogP) is 2.53. The van der Waals surface area contributed by atoms with E-state index in [1.165, 1.54) is 6.07 Å². The maximum absolute atomic E-state index is 10.9. The molecule has 1 atom stereocenters. The molecule has 5 nitrogen and oxygen atoms in total. The van der Waals surface area contributed by atoms with Gasteiger partial charge in [-0.3, -0.25) is 10.1 Å². The van der Waals surface area contributed by atoms with Gasteiger partial charge in [-0.15, -0.1) is 0 Å². The highest BCUT2D eigenvalue weighted by Crippen LogP contribution is 2.33. The summed E-state index contributed by atoms with van der Waals surface area (Å²) in [5, 5.41) is 12.3. The van der Waals surface area contributed by atoms with Gasteiger partial charge in [0.25, 0.3) is 5.69 Å². The Labute approximate surface area is 103 Å². The average Bonchev–Trinajstić information content (AvgIpc) is 3.19. The van der Waals surface area contributed by atoms with E-state index in [4.69, 9.17) is 9.47 Å². The lowest BCUT2D eigenvalue weighted by atomic mass is 10.1. The van der Waals surface area contributed by atoms with Gasteiger partial charge in [0, 0.05) is 11.5 Å². The molecule has 3 rings (SSSR count). The molecular formula is C13H11NO4. The van der Waals surface area contributed by atoms with E-state index in [-0.39, 0.29) is 16.7 Å². The van der Waals surface area contributed by atoms with Crippen LogP contribution < -0.4 is 4.74 Å². The molecule has 1 aliphatic rings. The highest BCUT2D eigenvalue weighted by atomic mass is 16.6. The standard InChI is InChI=1S/C13H11NO4/c15-14(16)12-5-6-13(18-8-9-7-17-9)11-4-2-1-3-10(11)12/h1-6,9H,7-8H2. The van der Waals surface area contributed by atoms with Crippen molar-refractivity contribution in [3.63, 3.8) is 0 Å². The molecule has 1 heterocycles. The van der Waals surface area contributed by atoms with Gasteiger partial charge < -0.3 is 9.47 Å². The Balaban J connectivity index is 2.04. The van der Waals surface area contributed by atoms with Crippen LogP contribution in [0.15, 0.2) is 36.4 Å². The number of hydrogen-bond acceptors (Lipinski definition) is 4. The van der Waals surface area contributed by atoms with Crippen molar-refractivity contribution in [1.29, 1.82) is 0 Å². The lowest BCUT2D eigenvalue weighted by Crippen LogP contribution is -2.04. The number of epoxide rings is 1. The Morgan fingerprint density at radius 2 is 2.00 bits per heavy atom. The summed E-state index contributed by atoms with van der Waals surface area (Å²) in [6.45, 7) is 1.21. The van der Waals surface area contributed by atoms with Crippen LogP contribution in [0.25, 0.3) is 10.8 Å². The van der Waals surface area contributed by atoms with E-state index in [0.717, 1.165) is 12.0 Å². The van der Waals surface area contributed by atoms with Gasteiger partial charge in [0.15, 0.2) is 0 Å². The smallest absolute Gasteiger partial charge is 0.277 e. The van der Waals surface area contributed by atoms with Crippen molar-refractivity contribution < 1.29 is 14.4 Å². The number of benzene rings is 2. The fraction of sp³-hybridized carbons (Fsp3) is 0.231. The first-order valence-corrected chi connectivity index (χ1v) is 5.66. The Hall–Kier alpha value is -2.14. The van der Waals surface area contributed by atoms with Crippen LogP contribution >= 0.6 is 0 Å². The van der Waals surface area contributed by atoms with Crippen molar-refractivity contribution in [3.8, 4) is 5.75 Å². The van der Waals surface area contributed by atoms with Crippen LogP contribution in [0.5, 0.6) is 5.75 Å². The van der Waals surface area contributed by atoms with E-state index in [1.807, 2.05) is 12.1 Å². The summed E-state index contributed by atoms with van der Waals surface area (Å²) in [7, 11) is 0. The minimum Gasteiger partial charge on any atom is -0.490 e. The number of non-ortho nitro benzene ring substituents is 1. The molecule has 2 aromatic carbocycles. The number of hydrogen-bond donors (Lipinski definition) is 0. The van der Waals surface area contributed by atoms with E-state index in [1.54, 1.807) is 18.2 Å². The van der Waals surface area contributed by atoms with Crippen LogP contribution in [0.2, 0.25) is 0 Å². The summed E-state index contributed by atoms with van der Waals surface area (Å²) in [5.74, 6) is 0.659. The molecule has 0 spiro atoms. The number of fused-ring (bicyclic) bond motifs is 1. The van der Waals surface area contributed by atoms with Crippen molar-refractivity contribution in [2.24, 2.45) is 0 Å². The van der Waals surface area contributed by atoms with Crippen molar-refractivity contribution in [1.82, 2.24) is 0 Å². The van der Waals surface area contributed by atoms with Crippen molar-refractivity contribution in [2.75, 3.05) is 13.2 Å². The van der Waals surface area contributed by atoms with Gasteiger partial charge in [-0.25, -0.2) is 0 Å². The SMILES string of the molecule is O=[N+]([O-])c1ccc(OCC2CO2)c2ccccc12. The first kappa shape index (κ1) is 11.0. The summed E-state index contributed by atoms with van der Waals surface area (Å²) >= 11 is 0. The molecule has 1 saturated heterocycles. The number of rotatable bonds is 4. The van der Waals surface area contributed by atoms with Gasteiger partial charge >= 0.3 is 0 Å². The lowest BCUT2D eigenvalue weighted by molar-refractivity contribution is -0.383. The first-order chi connectivity index (χ1) is 8.75. The normalized spacial score (nSPS) is 17.7. The quantitative estimate of drug-likeness (QED) is 0.471. The zero-order chi connectivity index (χ0) is 12.5. The molecule has 92 valence electrons. The van der Waals surface area contributed by atoms with E-state index in [9.17, 15) is 10.1 Å². The van der Waals surface area contributed by atoms with Crippen LogP contribution in [0.1, 0.15) is 0 Å². The first-order valence-electron chi connectivity index (χ1n) is 5.66. The van der Waals surface area contributed by atoms with Gasteiger partial charge in [-0.05, 0) is 12.1 Å². The van der Waals surface area contributed by atoms with Crippen LogP contribution in [-0.2, 0) is 4.74 Å². The van der Waals surface area contributed by atoms with E-state index in [2.05, 4.69) is 0 Å². The highest BCUT2D eigenvalue weighted by Gasteiger charge is 2.24. The molecule has 0 saturated carbocycles. The second-order valence-electron chi connectivity index (χ2n) is 4.15. The van der Waals surface area contributed by atoms with Gasteiger partial charge in [0.05, 0.1) is 16.9 Å². The molecule has 1 unspecified atom stereocenters. The monoisotopic (exact) mass is 245 g/mol. The molecule has 1 aliphatic heterocycles. The van der Waals surface area contributed by atoms with Crippen LogP contribution in [0.4, 0.5) is 5.69 Å². The Morgan fingerprint density at radius 1 is 1.28 bits per heavy atom.